The predicted molar refractivity (Wildman–Crippen MR) is 103 cm³/mol. The van der Waals surface area contributed by atoms with Gasteiger partial charge in [-0.05, 0) is 44.2 Å². The minimum absolute atomic E-state index is 0.147. The number of methoxy groups -OCH3 is 1. The maximum absolute atomic E-state index is 12.1. The molecule has 0 fully saturated rings. The Kier molecular flexibility index (Phi) is 6.87. The molecule has 0 aliphatic carbocycles. The van der Waals surface area contributed by atoms with E-state index in [0.717, 1.165) is 14.9 Å². The Morgan fingerprint density at radius 3 is 2.67 bits per heavy atom. The molecule has 0 saturated heterocycles. The van der Waals surface area contributed by atoms with Crippen LogP contribution in [-0.4, -0.2) is 24.5 Å². The summed E-state index contributed by atoms with van der Waals surface area (Å²) in [5, 5.41) is 3.79. The van der Waals surface area contributed by atoms with Gasteiger partial charge in [0, 0.05) is 14.9 Å². The van der Waals surface area contributed by atoms with E-state index in [0.29, 0.717) is 5.75 Å². The van der Waals surface area contributed by atoms with Crippen LogP contribution in [0.25, 0.3) is 0 Å². The van der Waals surface area contributed by atoms with Crippen molar-refractivity contribution in [1.82, 2.24) is 5.43 Å². The molecule has 126 valence electrons. The Labute approximate surface area is 154 Å². The van der Waals surface area contributed by atoms with E-state index in [-0.39, 0.29) is 11.2 Å². The van der Waals surface area contributed by atoms with Crippen molar-refractivity contribution in [3.63, 3.8) is 0 Å². The van der Waals surface area contributed by atoms with E-state index in [1.165, 1.54) is 17.3 Å². The van der Waals surface area contributed by atoms with Gasteiger partial charge in [0.25, 0.3) is 5.91 Å². The first-order chi connectivity index (χ1) is 11.5. The molecule has 24 heavy (non-hydrogen) atoms. The number of carbonyl (C=O) groups excluding carboxylic acids is 1. The summed E-state index contributed by atoms with van der Waals surface area (Å²) in [5.41, 5.74) is 4.55. The molecular formula is C18H19BrN2O2S. The lowest BCUT2D eigenvalue weighted by Gasteiger charge is -2.09. The van der Waals surface area contributed by atoms with Gasteiger partial charge in [0.15, 0.2) is 0 Å². The van der Waals surface area contributed by atoms with Crippen LogP contribution in [0.1, 0.15) is 18.1 Å². The van der Waals surface area contributed by atoms with Crippen LogP contribution < -0.4 is 10.2 Å². The molecule has 0 unspecified atom stereocenters. The summed E-state index contributed by atoms with van der Waals surface area (Å²) in [6, 6.07) is 13.7. The number of halogens is 1. The fourth-order valence-electron chi connectivity index (χ4n) is 1.94. The van der Waals surface area contributed by atoms with Gasteiger partial charge in [0.1, 0.15) is 5.75 Å². The first-order valence-electron chi connectivity index (χ1n) is 7.39. The highest BCUT2D eigenvalue weighted by Crippen LogP contribution is 2.24. The van der Waals surface area contributed by atoms with Gasteiger partial charge in [-0.1, -0.05) is 33.6 Å². The zero-order valence-electron chi connectivity index (χ0n) is 13.7. The largest absolute Gasteiger partial charge is 0.496 e. The maximum Gasteiger partial charge on any atom is 0.253 e. The van der Waals surface area contributed by atoms with Crippen LogP contribution >= 0.6 is 27.7 Å². The minimum Gasteiger partial charge on any atom is -0.496 e. The minimum atomic E-state index is -0.241. The van der Waals surface area contributed by atoms with Crippen LogP contribution in [0.5, 0.6) is 5.75 Å². The summed E-state index contributed by atoms with van der Waals surface area (Å²) in [6.45, 7) is 3.89. The summed E-state index contributed by atoms with van der Waals surface area (Å²) in [5.74, 6) is 0.545. The Morgan fingerprint density at radius 1 is 1.29 bits per heavy atom. The van der Waals surface area contributed by atoms with Crippen LogP contribution in [0, 0.1) is 6.92 Å². The molecule has 0 aliphatic heterocycles. The number of benzene rings is 2. The Morgan fingerprint density at radius 2 is 2.00 bits per heavy atom. The first-order valence-corrected chi connectivity index (χ1v) is 9.06. The third-order valence-electron chi connectivity index (χ3n) is 3.27. The van der Waals surface area contributed by atoms with Gasteiger partial charge in [-0.3, -0.25) is 4.79 Å². The molecule has 0 spiro atoms. The molecule has 0 bridgehead atoms. The van der Waals surface area contributed by atoms with Crippen LogP contribution in [0.15, 0.2) is 56.9 Å². The van der Waals surface area contributed by atoms with Gasteiger partial charge in [-0.15, -0.1) is 11.8 Å². The third-order valence-corrected chi connectivity index (χ3v) is 4.88. The lowest BCUT2D eigenvalue weighted by Crippen LogP contribution is -2.26. The second kappa shape index (κ2) is 8.89. The van der Waals surface area contributed by atoms with Crippen LogP contribution in [0.4, 0.5) is 0 Å². The maximum atomic E-state index is 12.1. The number of nitrogens with one attached hydrogen (secondary N) is 1. The van der Waals surface area contributed by atoms with Crippen LogP contribution in [0.2, 0.25) is 0 Å². The predicted octanol–water partition coefficient (Wildman–Crippen LogP) is 4.40. The standard InChI is InChI=1S/C18H19BrN2O2S/c1-12-4-7-16(8-5-12)24-13(2)18(22)21-20-11-14-10-15(19)6-9-17(14)23-3/h4-11,13H,1-3H3,(H,21,22)/b20-11-/t13-/m0/s1. The van der Waals surface area contributed by atoms with Crippen molar-refractivity contribution in [2.75, 3.05) is 7.11 Å². The molecule has 0 radical (unpaired) electrons. The molecular weight excluding hydrogens is 388 g/mol. The molecule has 0 aromatic heterocycles. The number of hydrogen-bond acceptors (Lipinski definition) is 4. The topological polar surface area (TPSA) is 50.7 Å². The average Bonchev–Trinajstić information content (AvgIpc) is 2.57. The molecule has 0 saturated carbocycles. The van der Waals surface area contributed by atoms with E-state index in [2.05, 4.69) is 26.5 Å². The monoisotopic (exact) mass is 406 g/mol. The van der Waals surface area contributed by atoms with Gasteiger partial charge in [0.2, 0.25) is 0 Å². The van der Waals surface area contributed by atoms with Gasteiger partial charge in [0.05, 0.1) is 18.6 Å². The van der Waals surface area contributed by atoms with Crippen molar-refractivity contribution >= 4 is 39.8 Å². The molecule has 1 N–H and O–H groups in total. The number of rotatable bonds is 6. The number of hydrazone groups is 1. The number of hydrogen-bond donors (Lipinski definition) is 1. The summed E-state index contributed by atoms with van der Waals surface area (Å²) < 4.78 is 6.18. The SMILES string of the molecule is COc1ccc(Br)cc1/C=N\NC(=O)[C@H](C)Sc1ccc(C)cc1. The summed E-state index contributed by atoms with van der Waals surface area (Å²) in [4.78, 5) is 13.2. The number of aryl methyl sites for hydroxylation is 1. The normalized spacial score (nSPS) is 12.2. The summed E-state index contributed by atoms with van der Waals surface area (Å²) >= 11 is 4.90. The van der Waals surface area contributed by atoms with Gasteiger partial charge >= 0.3 is 0 Å². The highest BCUT2D eigenvalue weighted by molar-refractivity contribution is 9.10. The Hall–Kier alpha value is -1.79. The molecule has 6 heteroatoms. The Balaban J connectivity index is 1.94. The van der Waals surface area contributed by atoms with Gasteiger partial charge in [-0.25, -0.2) is 5.43 Å². The van der Waals surface area contributed by atoms with E-state index >= 15 is 0 Å². The molecule has 1 amide bonds. The second-order valence-electron chi connectivity index (χ2n) is 5.19. The number of ether oxygens (including phenoxy) is 1. The van der Waals surface area contributed by atoms with Crippen molar-refractivity contribution in [2.45, 2.75) is 24.0 Å². The molecule has 0 heterocycles. The van der Waals surface area contributed by atoms with Crippen LogP contribution in [0.3, 0.4) is 0 Å². The van der Waals surface area contributed by atoms with Crippen molar-refractivity contribution in [2.24, 2.45) is 5.10 Å². The van der Waals surface area contributed by atoms with Gasteiger partial charge < -0.3 is 4.74 Å². The summed E-state index contributed by atoms with van der Waals surface area (Å²) in [6.07, 6.45) is 1.57. The summed E-state index contributed by atoms with van der Waals surface area (Å²) in [7, 11) is 1.60. The smallest absolute Gasteiger partial charge is 0.253 e. The van der Waals surface area contributed by atoms with Crippen molar-refractivity contribution in [3.8, 4) is 5.75 Å². The van der Waals surface area contributed by atoms with E-state index in [1.54, 1.807) is 13.3 Å². The van der Waals surface area contributed by atoms with E-state index in [1.807, 2.05) is 56.3 Å². The van der Waals surface area contributed by atoms with Gasteiger partial charge in [-0.2, -0.15) is 5.10 Å². The van der Waals surface area contributed by atoms with Crippen molar-refractivity contribution < 1.29 is 9.53 Å². The molecule has 2 aromatic rings. The zero-order chi connectivity index (χ0) is 17.5. The van der Waals surface area contributed by atoms with E-state index in [9.17, 15) is 4.79 Å². The molecule has 2 aromatic carbocycles. The molecule has 4 nitrogen and oxygen atoms in total. The van der Waals surface area contributed by atoms with Crippen molar-refractivity contribution in [1.29, 1.82) is 0 Å². The number of amides is 1. The van der Waals surface area contributed by atoms with Crippen molar-refractivity contribution in [3.05, 3.63) is 58.1 Å². The highest BCUT2D eigenvalue weighted by atomic mass is 79.9. The quantitative estimate of drug-likeness (QED) is 0.439. The molecule has 1 atom stereocenters. The zero-order valence-corrected chi connectivity index (χ0v) is 16.1. The second-order valence-corrected chi connectivity index (χ2v) is 7.52. The fourth-order valence-corrected chi connectivity index (χ4v) is 3.18. The van der Waals surface area contributed by atoms with E-state index in [4.69, 9.17) is 4.74 Å². The molecule has 0 aliphatic rings. The third kappa shape index (κ3) is 5.39. The lowest BCUT2D eigenvalue weighted by molar-refractivity contribution is -0.120. The highest BCUT2D eigenvalue weighted by Gasteiger charge is 2.13. The number of thioether (sulfide) groups is 1. The molecule has 2 rings (SSSR count). The Bertz CT molecular complexity index is 732. The fraction of sp³-hybridized carbons (Fsp3) is 0.222. The lowest BCUT2D eigenvalue weighted by atomic mass is 10.2. The first kappa shape index (κ1) is 18.5. The number of carbonyl (C=O) groups is 1. The average molecular weight is 407 g/mol. The number of nitrogens with zero attached hydrogens (tertiary/aromatic N) is 1. The van der Waals surface area contributed by atoms with E-state index < -0.39 is 0 Å². The van der Waals surface area contributed by atoms with Crippen LogP contribution in [-0.2, 0) is 4.79 Å².